The van der Waals surface area contributed by atoms with Gasteiger partial charge in [-0.25, -0.2) is 0 Å². The molecule has 202 valence electrons. The summed E-state index contributed by atoms with van der Waals surface area (Å²) < 4.78 is 0. The average molecular weight is 499 g/mol. The lowest BCUT2D eigenvalue weighted by Gasteiger charge is -2.82. The molecule has 0 heterocycles. The lowest BCUT2D eigenvalue weighted by atomic mass is 9.22. The second-order valence-electron chi connectivity index (χ2n) is 19.1. The van der Waals surface area contributed by atoms with E-state index in [1.165, 1.54) is 6.32 Å². The molecule has 0 N–H and O–H groups in total. The third-order valence-electron chi connectivity index (χ3n) is 19.9. The van der Waals surface area contributed by atoms with Crippen LogP contribution in [-0.2, 0) is 0 Å². The molecule has 0 saturated heterocycles. The first-order valence-electron chi connectivity index (χ1n) is 17.6. The highest BCUT2D eigenvalue weighted by Crippen LogP contribution is 2.97. The summed E-state index contributed by atoms with van der Waals surface area (Å²) in [5.41, 5.74) is 4.45. The molecule has 0 aromatic heterocycles. The minimum Gasteiger partial charge on any atom is -0.0780 e. The Morgan fingerprint density at radius 2 is 1.62 bits per heavy atom. The Bertz CT molecular complexity index is 1100. The standard InChI is InChI=1S/C36H55B/c1-20(18-37)36-24-7-6-9-33-19-35(36)17-27(33)23-8-10-31(36,4)26-16-34(35,29(23)22-13-21(26)14-22)12-11-30(2,3)32(5)25(24)15-28(32)33/h20-29H,6-19,37H2,1-5H3/t20?,21?,22?,23-,24?,25?,26?,27+,28?,29?,31-,32-,33+,34?,35?,36+/m1/s1. The Morgan fingerprint density at radius 3 is 2.41 bits per heavy atom. The zero-order chi connectivity index (χ0) is 25.2. The Morgan fingerprint density at radius 1 is 0.811 bits per heavy atom. The van der Waals surface area contributed by atoms with Gasteiger partial charge in [0.15, 0.2) is 0 Å². The molecule has 1 heteroatoms. The zero-order valence-corrected chi connectivity index (χ0v) is 25.2. The van der Waals surface area contributed by atoms with Gasteiger partial charge < -0.3 is 0 Å². The molecule has 13 aliphatic carbocycles. The van der Waals surface area contributed by atoms with E-state index in [1.54, 1.807) is 83.5 Å². The van der Waals surface area contributed by atoms with Crippen LogP contribution in [0.4, 0.5) is 0 Å². The van der Waals surface area contributed by atoms with Crippen molar-refractivity contribution in [1.29, 1.82) is 0 Å². The predicted octanol–water partition coefficient (Wildman–Crippen LogP) is 8.41. The fourth-order valence-electron chi connectivity index (χ4n) is 19.1. The molecular weight excluding hydrogens is 443 g/mol. The molecule has 15 bridgehead atoms. The summed E-state index contributed by atoms with van der Waals surface area (Å²) >= 11 is 0. The lowest BCUT2D eigenvalue weighted by Crippen LogP contribution is -2.76. The Kier molecular flexibility index (Phi) is 3.68. The molecule has 0 aromatic rings. The molecule has 0 amide bonds. The van der Waals surface area contributed by atoms with Crippen LogP contribution < -0.4 is 0 Å². The van der Waals surface area contributed by atoms with Crippen LogP contribution in [0.25, 0.3) is 0 Å². The van der Waals surface area contributed by atoms with Gasteiger partial charge in [-0.2, -0.15) is 0 Å². The molecule has 0 aromatic carbocycles. The summed E-state index contributed by atoms with van der Waals surface area (Å²) in [4.78, 5) is 0. The van der Waals surface area contributed by atoms with Gasteiger partial charge in [-0.15, -0.1) is 0 Å². The number of fused-ring (bicyclic) bond motifs is 5. The molecule has 13 saturated carbocycles. The van der Waals surface area contributed by atoms with Gasteiger partial charge >= 0.3 is 0 Å². The van der Waals surface area contributed by atoms with Gasteiger partial charge in [0.05, 0.1) is 0 Å². The van der Waals surface area contributed by atoms with Gasteiger partial charge in [-0.05, 0) is 174 Å². The van der Waals surface area contributed by atoms with Gasteiger partial charge in [0.2, 0.25) is 0 Å². The van der Waals surface area contributed by atoms with E-state index in [0.717, 1.165) is 59.2 Å². The van der Waals surface area contributed by atoms with Gasteiger partial charge in [-0.3, -0.25) is 0 Å². The topological polar surface area (TPSA) is 0 Å². The molecule has 0 radical (unpaired) electrons. The van der Waals surface area contributed by atoms with Crippen LogP contribution in [0.5, 0.6) is 0 Å². The third-order valence-corrected chi connectivity index (χ3v) is 19.9. The highest BCUT2D eigenvalue weighted by atomic mass is 14.9. The van der Waals surface area contributed by atoms with Crippen LogP contribution in [0.2, 0.25) is 6.32 Å². The van der Waals surface area contributed by atoms with E-state index in [1.807, 2.05) is 0 Å². The second-order valence-corrected chi connectivity index (χ2v) is 19.1. The van der Waals surface area contributed by atoms with Crippen molar-refractivity contribution in [3.05, 3.63) is 0 Å². The van der Waals surface area contributed by atoms with E-state index >= 15 is 0 Å². The lowest BCUT2D eigenvalue weighted by molar-refractivity contribution is -0.343. The predicted molar refractivity (Wildman–Crippen MR) is 154 cm³/mol. The molecule has 13 aliphatic rings. The highest BCUT2D eigenvalue weighted by molar-refractivity contribution is 6.08. The largest absolute Gasteiger partial charge is 0.101 e. The average Bonchev–Trinajstić information content (AvgIpc) is 3.02. The molecule has 37 heavy (non-hydrogen) atoms. The summed E-state index contributed by atoms with van der Waals surface area (Å²) in [5, 5.41) is 0. The maximum absolute atomic E-state index is 3.03. The normalized spacial score (nSPS) is 70.7. The zero-order valence-electron chi connectivity index (χ0n) is 25.2. The summed E-state index contributed by atoms with van der Waals surface area (Å²) in [5.74, 6) is 10.6. The fourth-order valence-corrected chi connectivity index (χ4v) is 19.1. The molecule has 14 atom stereocenters. The molecular formula is C36H55B. The molecule has 13 fully saturated rings. The van der Waals surface area contributed by atoms with E-state index in [0.29, 0.717) is 37.9 Å². The highest BCUT2D eigenvalue weighted by Gasteiger charge is 2.91. The smallest absolute Gasteiger partial charge is 0.0780 e. The van der Waals surface area contributed by atoms with Gasteiger partial charge in [0, 0.05) is 0 Å². The first kappa shape index (κ1) is 22.7. The Hall–Kier alpha value is 0.0649. The van der Waals surface area contributed by atoms with Gasteiger partial charge in [0.25, 0.3) is 0 Å². The van der Waals surface area contributed by atoms with Crippen LogP contribution >= 0.6 is 0 Å². The Balaban J connectivity index is 1.43. The van der Waals surface area contributed by atoms with E-state index < -0.39 is 0 Å². The van der Waals surface area contributed by atoms with Crippen molar-refractivity contribution in [2.24, 2.45) is 97.1 Å². The van der Waals surface area contributed by atoms with Crippen molar-refractivity contribution in [3.63, 3.8) is 0 Å². The number of hydrogen-bond acceptors (Lipinski definition) is 0. The quantitative estimate of drug-likeness (QED) is 0.335. The van der Waals surface area contributed by atoms with Gasteiger partial charge in [-0.1, -0.05) is 47.4 Å². The van der Waals surface area contributed by atoms with Crippen LogP contribution in [0.3, 0.4) is 0 Å². The number of hydrogen-bond donors (Lipinski definition) is 0. The van der Waals surface area contributed by atoms with Gasteiger partial charge in [0.1, 0.15) is 7.85 Å². The van der Waals surface area contributed by atoms with Crippen molar-refractivity contribution < 1.29 is 0 Å². The molecule has 13 rings (SSSR count). The van der Waals surface area contributed by atoms with Crippen LogP contribution in [0, 0.1) is 97.1 Å². The summed E-state index contributed by atoms with van der Waals surface area (Å²) in [6.07, 6.45) is 22.9. The van der Waals surface area contributed by atoms with E-state index in [2.05, 4.69) is 42.5 Å². The first-order chi connectivity index (χ1) is 17.6. The summed E-state index contributed by atoms with van der Waals surface area (Å²) in [6, 6.07) is 0. The van der Waals surface area contributed by atoms with Crippen LogP contribution in [0.15, 0.2) is 0 Å². The SMILES string of the molecule is BCC(C)[C@@]12C3CCC[C@]45CC16C[C@H]4[C@H]1CC[C@]2(C)C2CC6(CCC(C)(C)[C@]4(C)C3CC54)C1C1CC2C1. The van der Waals surface area contributed by atoms with E-state index in [9.17, 15) is 0 Å². The summed E-state index contributed by atoms with van der Waals surface area (Å²) in [7, 11) is 2.64. The van der Waals surface area contributed by atoms with Crippen molar-refractivity contribution in [3.8, 4) is 0 Å². The monoisotopic (exact) mass is 498 g/mol. The minimum atomic E-state index is 0.523. The van der Waals surface area contributed by atoms with Crippen LogP contribution in [0.1, 0.15) is 118 Å². The van der Waals surface area contributed by atoms with Crippen molar-refractivity contribution in [2.45, 2.75) is 124 Å². The van der Waals surface area contributed by atoms with Crippen molar-refractivity contribution in [1.82, 2.24) is 0 Å². The molecule has 8 unspecified atom stereocenters. The van der Waals surface area contributed by atoms with E-state index in [4.69, 9.17) is 0 Å². The van der Waals surface area contributed by atoms with Crippen LogP contribution in [-0.4, -0.2) is 7.85 Å². The second kappa shape index (κ2) is 5.99. The van der Waals surface area contributed by atoms with E-state index in [-0.39, 0.29) is 0 Å². The minimum absolute atomic E-state index is 0.523. The Labute approximate surface area is 229 Å². The van der Waals surface area contributed by atoms with Crippen molar-refractivity contribution >= 4 is 7.85 Å². The number of rotatable bonds is 2. The fraction of sp³-hybridized carbons (Fsp3) is 1.00. The maximum Gasteiger partial charge on any atom is 0.101 e. The maximum atomic E-state index is 3.03. The summed E-state index contributed by atoms with van der Waals surface area (Å²) in [6.45, 7) is 14.5. The molecule has 0 aliphatic heterocycles. The third kappa shape index (κ3) is 1.76. The van der Waals surface area contributed by atoms with Crippen molar-refractivity contribution in [2.75, 3.05) is 0 Å². The molecule has 3 spiro atoms. The molecule has 0 nitrogen and oxygen atoms in total. The first-order valence-corrected chi connectivity index (χ1v) is 17.6.